The van der Waals surface area contributed by atoms with E-state index < -0.39 is 12.6 Å². The van der Waals surface area contributed by atoms with Crippen molar-refractivity contribution < 1.29 is 13.2 Å². The first kappa shape index (κ1) is 21.7. The van der Waals surface area contributed by atoms with Gasteiger partial charge in [0.2, 0.25) is 0 Å². The number of hydrogen-bond donors (Lipinski definition) is 1. The first-order chi connectivity index (χ1) is 9.46. The van der Waals surface area contributed by atoms with E-state index in [0.717, 1.165) is 31.7 Å². The van der Waals surface area contributed by atoms with Crippen LogP contribution in [0.1, 0.15) is 24.4 Å². The van der Waals surface area contributed by atoms with Gasteiger partial charge in [0.1, 0.15) is 5.15 Å². The number of halogens is 6. The van der Waals surface area contributed by atoms with Crippen LogP contribution >= 0.6 is 36.4 Å². The third-order valence-electron chi connectivity index (χ3n) is 3.43. The van der Waals surface area contributed by atoms with Crippen LogP contribution in [0.4, 0.5) is 13.2 Å². The molecule has 1 aromatic rings. The van der Waals surface area contributed by atoms with Crippen LogP contribution in [-0.4, -0.2) is 42.2 Å². The van der Waals surface area contributed by atoms with Gasteiger partial charge in [0.15, 0.2) is 0 Å². The van der Waals surface area contributed by atoms with Crippen LogP contribution in [0.3, 0.4) is 0 Å². The van der Waals surface area contributed by atoms with E-state index in [2.05, 4.69) is 15.2 Å². The lowest BCUT2D eigenvalue weighted by atomic mass is 10.0. The molecule has 0 saturated carbocycles. The second-order valence-corrected chi connectivity index (χ2v) is 5.26. The number of nitrogens with one attached hydrogen (secondary N) is 1. The Bertz CT molecular complexity index is 423. The van der Waals surface area contributed by atoms with Gasteiger partial charge in [-0.3, -0.25) is 4.90 Å². The Hall–Kier alpha value is -0.270. The second kappa shape index (κ2) is 9.78. The second-order valence-electron chi connectivity index (χ2n) is 4.87. The van der Waals surface area contributed by atoms with E-state index in [1.54, 1.807) is 18.3 Å². The average molecular weight is 381 g/mol. The molecular formula is C13H19Cl3F3N3. The highest BCUT2D eigenvalue weighted by Crippen LogP contribution is 2.31. The van der Waals surface area contributed by atoms with Crippen LogP contribution in [0.15, 0.2) is 18.3 Å². The van der Waals surface area contributed by atoms with E-state index in [0.29, 0.717) is 5.15 Å². The van der Waals surface area contributed by atoms with Crippen molar-refractivity contribution in [2.75, 3.05) is 26.2 Å². The van der Waals surface area contributed by atoms with Gasteiger partial charge in [0.25, 0.3) is 0 Å². The molecule has 0 radical (unpaired) electrons. The van der Waals surface area contributed by atoms with Gasteiger partial charge in [-0.05, 0) is 18.1 Å². The van der Waals surface area contributed by atoms with Crippen LogP contribution in [0, 0.1) is 0 Å². The first-order valence-electron chi connectivity index (χ1n) is 6.59. The summed E-state index contributed by atoms with van der Waals surface area (Å²) in [4.78, 5) is 6.06. The highest BCUT2D eigenvalue weighted by molar-refractivity contribution is 6.29. The molecule has 3 nitrogen and oxygen atoms in total. The lowest BCUT2D eigenvalue weighted by Gasteiger charge is -2.35. The molecule has 2 heterocycles. The summed E-state index contributed by atoms with van der Waals surface area (Å²) in [6.45, 7) is 3.07. The lowest BCUT2D eigenvalue weighted by molar-refractivity contribution is -0.138. The molecule has 1 fully saturated rings. The minimum atomic E-state index is -4.13. The molecule has 22 heavy (non-hydrogen) atoms. The SMILES string of the molecule is Cl.Cl.FC(F)(F)CC[C@@H](c1ccc(Cl)nc1)N1CCNCC1. The van der Waals surface area contributed by atoms with Crippen LogP contribution in [0.25, 0.3) is 0 Å². The fraction of sp³-hybridized carbons (Fsp3) is 0.615. The maximum absolute atomic E-state index is 12.5. The molecule has 0 spiro atoms. The number of nitrogens with zero attached hydrogens (tertiary/aromatic N) is 2. The van der Waals surface area contributed by atoms with Gasteiger partial charge in [-0.1, -0.05) is 17.7 Å². The van der Waals surface area contributed by atoms with E-state index in [1.165, 1.54) is 0 Å². The quantitative estimate of drug-likeness (QED) is 0.804. The molecule has 0 unspecified atom stereocenters. The minimum Gasteiger partial charge on any atom is -0.314 e. The zero-order chi connectivity index (χ0) is 14.6. The van der Waals surface area contributed by atoms with Crippen LogP contribution < -0.4 is 5.32 Å². The number of hydrogen-bond acceptors (Lipinski definition) is 3. The molecule has 0 aromatic carbocycles. The van der Waals surface area contributed by atoms with Crippen molar-refractivity contribution in [2.24, 2.45) is 0 Å². The van der Waals surface area contributed by atoms with Crippen molar-refractivity contribution in [1.82, 2.24) is 15.2 Å². The molecule has 1 aliphatic heterocycles. The smallest absolute Gasteiger partial charge is 0.314 e. The number of rotatable bonds is 4. The number of piperazine rings is 1. The fourth-order valence-corrected chi connectivity index (χ4v) is 2.55. The summed E-state index contributed by atoms with van der Waals surface area (Å²) in [7, 11) is 0. The van der Waals surface area contributed by atoms with E-state index in [4.69, 9.17) is 11.6 Å². The zero-order valence-electron chi connectivity index (χ0n) is 11.8. The molecule has 1 atom stereocenters. The molecule has 9 heteroatoms. The zero-order valence-corrected chi connectivity index (χ0v) is 14.2. The maximum atomic E-state index is 12.5. The molecule has 128 valence electrons. The topological polar surface area (TPSA) is 28.2 Å². The van der Waals surface area contributed by atoms with Crippen LogP contribution in [0.5, 0.6) is 0 Å². The molecule has 2 rings (SSSR count). The van der Waals surface area contributed by atoms with Gasteiger partial charge in [-0.25, -0.2) is 4.98 Å². The Morgan fingerprint density at radius 3 is 2.36 bits per heavy atom. The Morgan fingerprint density at radius 2 is 1.86 bits per heavy atom. The van der Waals surface area contributed by atoms with Crippen molar-refractivity contribution >= 4 is 36.4 Å². The summed E-state index contributed by atoms with van der Waals surface area (Å²) >= 11 is 5.74. The van der Waals surface area contributed by atoms with Gasteiger partial charge in [0.05, 0.1) is 0 Å². The molecule has 0 bridgehead atoms. The van der Waals surface area contributed by atoms with Gasteiger partial charge in [0, 0.05) is 44.8 Å². The summed E-state index contributed by atoms with van der Waals surface area (Å²) in [5, 5.41) is 3.55. The Morgan fingerprint density at radius 1 is 1.23 bits per heavy atom. The van der Waals surface area contributed by atoms with Gasteiger partial charge in [-0.15, -0.1) is 24.8 Å². The molecule has 1 aliphatic rings. The van der Waals surface area contributed by atoms with Crippen molar-refractivity contribution in [3.63, 3.8) is 0 Å². The van der Waals surface area contributed by atoms with Crippen LogP contribution in [0.2, 0.25) is 5.15 Å². The van der Waals surface area contributed by atoms with Crippen molar-refractivity contribution in [2.45, 2.75) is 25.1 Å². The minimum absolute atomic E-state index is 0. The predicted octanol–water partition coefficient (Wildman–Crippen LogP) is 3.87. The Balaban J connectivity index is 0.00000220. The number of aromatic nitrogens is 1. The molecule has 0 aliphatic carbocycles. The Kier molecular flexibility index (Phi) is 9.66. The molecular weight excluding hydrogens is 362 g/mol. The number of pyridine rings is 1. The summed E-state index contributed by atoms with van der Waals surface area (Å²) < 4.78 is 37.5. The highest BCUT2D eigenvalue weighted by Gasteiger charge is 2.31. The highest BCUT2D eigenvalue weighted by atomic mass is 35.5. The summed E-state index contributed by atoms with van der Waals surface area (Å²) in [5.41, 5.74) is 0.792. The van der Waals surface area contributed by atoms with Gasteiger partial charge < -0.3 is 5.32 Å². The fourth-order valence-electron chi connectivity index (χ4n) is 2.44. The third-order valence-corrected chi connectivity index (χ3v) is 3.65. The largest absolute Gasteiger partial charge is 0.389 e. The summed E-state index contributed by atoms with van der Waals surface area (Å²) in [6.07, 6.45) is -3.30. The molecule has 0 amide bonds. The molecule has 1 N–H and O–H groups in total. The summed E-state index contributed by atoms with van der Waals surface area (Å²) in [5.74, 6) is 0. The molecule has 1 saturated heterocycles. The van der Waals surface area contributed by atoms with Crippen molar-refractivity contribution in [3.8, 4) is 0 Å². The van der Waals surface area contributed by atoms with E-state index in [9.17, 15) is 13.2 Å². The number of alkyl halides is 3. The van der Waals surface area contributed by atoms with E-state index >= 15 is 0 Å². The average Bonchev–Trinajstić information content (AvgIpc) is 2.41. The van der Waals surface area contributed by atoms with Gasteiger partial charge >= 0.3 is 6.18 Å². The van der Waals surface area contributed by atoms with E-state index in [1.807, 2.05) is 0 Å². The van der Waals surface area contributed by atoms with E-state index in [-0.39, 0.29) is 37.3 Å². The van der Waals surface area contributed by atoms with Crippen molar-refractivity contribution in [3.05, 3.63) is 29.0 Å². The summed E-state index contributed by atoms with van der Waals surface area (Å²) in [6, 6.07) is 3.13. The standard InChI is InChI=1S/C13H17ClF3N3.2ClH/c14-12-2-1-10(9-19-12)11(3-4-13(15,16)17)20-7-5-18-6-8-20;;/h1-2,9,11,18H,3-8H2;2*1H/t11-;;/m0../s1. The van der Waals surface area contributed by atoms with Gasteiger partial charge in [-0.2, -0.15) is 13.2 Å². The van der Waals surface area contributed by atoms with Crippen LogP contribution in [-0.2, 0) is 0 Å². The monoisotopic (exact) mass is 379 g/mol. The Labute approximate surface area is 145 Å². The maximum Gasteiger partial charge on any atom is 0.389 e. The predicted molar refractivity (Wildman–Crippen MR) is 86.2 cm³/mol. The normalized spacial score (nSPS) is 17.3. The first-order valence-corrected chi connectivity index (χ1v) is 6.96. The molecule has 1 aromatic heterocycles. The third kappa shape index (κ3) is 6.87. The van der Waals surface area contributed by atoms with Crippen molar-refractivity contribution in [1.29, 1.82) is 0 Å². The lowest BCUT2D eigenvalue weighted by Crippen LogP contribution is -2.45.